The highest BCUT2D eigenvalue weighted by Crippen LogP contribution is 2.24. The molecule has 3 heteroatoms. The maximum Gasteiger partial charge on any atom is 0.307 e. The number of aliphatic carboxylic acids is 1. The predicted octanol–water partition coefficient (Wildman–Crippen LogP) is 3.73. The molecule has 0 aromatic heterocycles. The molecule has 0 fully saturated rings. The van der Waals surface area contributed by atoms with Crippen molar-refractivity contribution in [3.05, 3.63) is 77.6 Å². The summed E-state index contributed by atoms with van der Waals surface area (Å²) in [5, 5.41) is 8.80. The van der Waals surface area contributed by atoms with Gasteiger partial charge in [-0.05, 0) is 28.8 Å². The molecule has 96 valence electrons. The first-order chi connectivity index (χ1) is 9.16. The molecule has 0 aliphatic rings. The second-order valence-corrected chi connectivity index (χ2v) is 4.09. The fourth-order valence-electron chi connectivity index (χ4n) is 1.84. The summed E-state index contributed by atoms with van der Waals surface area (Å²) in [5.74, 6) is -1.20. The summed E-state index contributed by atoms with van der Waals surface area (Å²) in [6.07, 6.45) is 1.58. The molecule has 19 heavy (non-hydrogen) atoms. The van der Waals surface area contributed by atoms with Crippen LogP contribution in [0.3, 0.4) is 0 Å². The van der Waals surface area contributed by atoms with Gasteiger partial charge in [0.15, 0.2) is 0 Å². The van der Waals surface area contributed by atoms with Crippen molar-refractivity contribution in [3.63, 3.8) is 0 Å². The van der Waals surface area contributed by atoms with Crippen LogP contribution in [0, 0.1) is 5.82 Å². The Hall–Kier alpha value is -2.42. The fourth-order valence-corrected chi connectivity index (χ4v) is 1.84. The highest BCUT2D eigenvalue weighted by Gasteiger charge is 2.06. The van der Waals surface area contributed by atoms with Gasteiger partial charge in [-0.1, -0.05) is 48.5 Å². The Morgan fingerprint density at radius 2 is 1.58 bits per heavy atom. The van der Waals surface area contributed by atoms with E-state index in [4.69, 9.17) is 5.11 Å². The smallest absolute Gasteiger partial charge is 0.307 e. The molecule has 0 aliphatic carbocycles. The standard InChI is InChI=1S/C16H13FO2/c17-14-8-6-13(7-9-14)15(10-11-16(18)19)12-4-2-1-3-5-12/h1-10H,11H2,(H,18,19). The number of benzene rings is 2. The molecule has 2 nitrogen and oxygen atoms in total. The Balaban J connectivity index is 2.43. The van der Waals surface area contributed by atoms with E-state index >= 15 is 0 Å². The summed E-state index contributed by atoms with van der Waals surface area (Å²) in [7, 11) is 0. The minimum absolute atomic E-state index is 0.0679. The Kier molecular flexibility index (Phi) is 4.08. The average molecular weight is 256 g/mol. The molecule has 0 unspecified atom stereocenters. The number of carboxylic acids is 1. The van der Waals surface area contributed by atoms with Crippen LogP contribution in [0.1, 0.15) is 17.5 Å². The number of carboxylic acid groups (broad SMARTS) is 1. The summed E-state index contributed by atoms with van der Waals surface area (Å²) in [6, 6.07) is 15.5. The van der Waals surface area contributed by atoms with Gasteiger partial charge in [0.05, 0.1) is 6.42 Å². The SMILES string of the molecule is O=C(O)CC=C(c1ccccc1)c1ccc(F)cc1. The molecule has 2 aromatic carbocycles. The zero-order chi connectivity index (χ0) is 13.7. The molecule has 2 aromatic rings. The first kappa shape index (κ1) is 13.0. The first-order valence-corrected chi connectivity index (χ1v) is 5.90. The molecule has 0 saturated carbocycles. The van der Waals surface area contributed by atoms with Gasteiger partial charge >= 0.3 is 5.97 Å². The molecule has 0 radical (unpaired) electrons. The molecule has 0 saturated heterocycles. The molecule has 0 heterocycles. The molecule has 0 spiro atoms. The highest BCUT2D eigenvalue weighted by atomic mass is 19.1. The zero-order valence-corrected chi connectivity index (χ0v) is 10.2. The van der Waals surface area contributed by atoms with Gasteiger partial charge in [0.25, 0.3) is 0 Å². The second-order valence-electron chi connectivity index (χ2n) is 4.09. The number of hydrogen-bond donors (Lipinski definition) is 1. The maximum atomic E-state index is 13.0. The zero-order valence-electron chi connectivity index (χ0n) is 10.2. The van der Waals surface area contributed by atoms with E-state index in [1.54, 1.807) is 18.2 Å². The molecule has 0 amide bonds. The molecule has 0 atom stereocenters. The third-order valence-corrected chi connectivity index (χ3v) is 2.72. The van der Waals surface area contributed by atoms with Crippen molar-refractivity contribution in [2.24, 2.45) is 0 Å². The van der Waals surface area contributed by atoms with E-state index in [0.717, 1.165) is 16.7 Å². The van der Waals surface area contributed by atoms with Crippen LogP contribution in [0.25, 0.3) is 5.57 Å². The van der Waals surface area contributed by atoms with Crippen LogP contribution in [0.2, 0.25) is 0 Å². The van der Waals surface area contributed by atoms with Crippen LogP contribution < -0.4 is 0 Å². The van der Waals surface area contributed by atoms with Crippen molar-refractivity contribution in [2.75, 3.05) is 0 Å². The van der Waals surface area contributed by atoms with Crippen molar-refractivity contribution < 1.29 is 14.3 Å². The molecule has 0 aliphatic heterocycles. The van der Waals surface area contributed by atoms with Crippen LogP contribution in [0.15, 0.2) is 60.7 Å². The van der Waals surface area contributed by atoms with Crippen molar-refractivity contribution in [2.45, 2.75) is 6.42 Å². The van der Waals surface area contributed by atoms with Crippen molar-refractivity contribution in [1.82, 2.24) is 0 Å². The lowest BCUT2D eigenvalue weighted by atomic mass is 9.97. The lowest BCUT2D eigenvalue weighted by Crippen LogP contribution is -1.94. The summed E-state index contributed by atoms with van der Waals surface area (Å²) in [6.45, 7) is 0. The van der Waals surface area contributed by atoms with E-state index < -0.39 is 5.97 Å². The summed E-state index contributed by atoms with van der Waals surface area (Å²) in [4.78, 5) is 10.7. The Morgan fingerprint density at radius 3 is 2.16 bits per heavy atom. The monoisotopic (exact) mass is 256 g/mol. The number of halogens is 1. The van der Waals surface area contributed by atoms with Gasteiger partial charge in [0.2, 0.25) is 0 Å². The molecule has 2 rings (SSSR count). The van der Waals surface area contributed by atoms with Gasteiger partial charge in [0, 0.05) is 0 Å². The quantitative estimate of drug-likeness (QED) is 0.905. The van der Waals surface area contributed by atoms with Gasteiger partial charge in [-0.15, -0.1) is 0 Å². The Labute approximate surface area is 110 Å². The molecule has 1 N–H and O–H groups in total. The number of rotatable bonds is 4. The molecule has 0 bridgehead atoms. The van der Waals surface area contributed by atoms with Crippen molar-refractivity contribution in [3.8, 4) is 0 Å². The van der Waals surface area contributed by atoms with Crippen LogP contribution in [-0.4, -0.2) is 11.1 Å². The predicted molar refractivity (Wildman–Crippen MR) is 72.2 cm³/mol. The van der Waals surface area contributed by atoms with Crippen molar-refractivity contribution in [1.29, 1.82) is 0 Å². The van der Waals surface area contributed by atoms with Gasteiger partial charge in [-0.3, -0.25) is 4.79 Å². The fraction of sp³-hybridized carbons (Fsp3) is 0.0625. The molecular formula is C16H13FO2. The minimum Gasteiger partial charge on any atom is -0.481 e. The summed E-state index contributed by atoms with van der Waals surface area (Å²) in [5.41, 5.74) is 2.51. The van der Waals surface area contributed by atoms with Gasteiger partial charge < -0.3 is 5.11 Å². The van der Waals surface area contributed by atoms with Crippen molar-refractivity contribution >= 4 is 11.5 Å². The van der Waals surface area contributed by atoms with E-state index in [1.807, 2.05) is 30.3 Å². The average Bonchev–Trinajstić information content (AvgIpc) is 2.42. The van der Waals surface area contributed by atoms with Gasteiger partial charge in [-0.2, -0.15) is 0 Å². The maximum absolute atomic E-state index is 13.0. The lowest BCUT2D eigenvalue weighted by molar-refractivity contribution is -0.135. The Morgan fingerprint density at radius 1 is 1.00 bits per heavy atom. The highest BCUT2D eigenvalue weighted by molar-refractivity contribution is 5.82. The van der Waals surface area contributed by atoms with Crippen LogP contribution in [0.5, 0.6) is 0 Å². The number of carbonyl (C=O) groups is 1. The number of hydrogen-bond acceptors (Lipinski definition) is 1. The van der Waals surface area contributed by atoms with E-state index in [2.05, 4.69) is 0 Å². The largest absolute Gasteiger partial charge is 0.481 e. The molecular weight excluding hydrogens is 243 g/mol. The summed E-state index contributed by atoms with van der Waals surface area (Å²) < 4.78 is 13.0. The first-order valence-electron chi connectivity index (χ1n) is 5.90. The topological polar surface area (TPSA) is 37.3 Å². The van der Waals surface area contributed by atoms with Crippen LogP contribution >= 0.6 is 0 Å². The minimum atomic E-state index is -0.893. The van der Waals surface area contributed by atoms with E-state index in [1.165, 1.54) is 12.1 Å². The lowest BCUT2D eigenvalue weighted by Gasteiger charge is -2.08. The van der Waals surface area contributed by atoms with Gasteiger partial charge in [-0.25, -0.2) is 4.39 Å². The summed E-state index contributed by atoms with van der Waals surface area (Å²) >= 11 is 0. The third kappa shape index (κ3) is 3.52. The third-order valence-electron chi connectivity index (χ3n) is 2.72. The van der Waals surface area contributed by atoms with Crippen LogP contribution in [-0.2, 0) is 4.79 Å². The normalized spacial score (nSPS) is 11.3. The Bertz CT molecular complexity index is 586. The van der Waals surface area contributed by atoms with E-state index in [-0.39, 0.29) is 12.2 Å². The second kappa shape index (κ2) is 5.96. The van der Waals surface area contributed by atoms with Gasteiger partial charge in [0.1, 0.15) is 5.82 Å². The van der Waals surface area contributed by atoms with Crippen LogP contribution in [0.4, 0.5) is 4.39 Å². The van der Waals surface area contributed by atoms with E-state index in [9.17, 15) is 9.18 Å². The van der Waals surface area contributed by atoms with E-state index in [0.29, 0.717) is 0 Å².